The second-order valence-electron chi connectivity index (χ2n) is 3.74. The van der Waals surface area contributed by atoms with Crippen LogP contribution < -0.4 is 11.3 Å². The minimum atomic E-state index is -4.49. The molecule has 5 nitrogen and oxygen atoms in total. The molecule has 0 fully saturated rings. The topological polar surface area (TPSA) is 79.7 Å². The molecule has 1 aromatic carbocycles. The molecule has 1 heterocycles. The Hall–Kier alpha value is -2.24. The van der Waals surface area contributed by atoms with Gasteiger partial charge in [-0.2, -0.15) is 23.5 Å². The lowest BCUT2D eigenvalue weighted by atomic mass is 10.2. The van der Waals surface area contributed by atoms with Gasteiger partial charge in [0.2, 0.25) is 0 Å². The molecular weight excluding hydrogens is 295 g/mol. The Labute approximate surface area is 116 Å². The van der Waals surface area contributed by atoms with Crippen molar-refractivity contribution in [3.8, 4) is 11.8 Å². The number of nitrogen functional groups attached to an aromatic ring is 1. The Morgan fingerprint density at radius 3 is 2.60 bits per heavy atom. The van der Waals surface area contributed by atoms with Crippen molar-refractivity contribution in [2.75, 3.05) is 5.43 Å². The van der Waals surface area contributed by atoms with Gasteiger partial charge in [-0.1, -0.05) is 11.6 Å². The van der Waals surface area contributed by atoms with E-state index in [2.05, 4.69) is 10.5 Å². The van der Waals surface area contributed by atoms with Gasteiger partial charge in [0.25, 0.3) is 0 Å². The van der Waals surface area contributed by atoms with E-state index in [9.17, 15) is 13.2 Å². The first-order valence-electron chi connectivity index (χ1n) is 5.20. The lowest BCUT2D eigenvalue weighted by molar-refractivity contribution is -0.137. The average Bonchev–Trinajstić information content (AvgIpc) is 2.80. The monoisotopic (exact) mass is 301 g/mol. The normalized spacial score (nSPS) is 11.2. The predicted molar refractivity (Wildman–Crippen MR) is 66.1 cm³/mol. The highest BCUT2D eigenvalue weighted by molar-refractivity contribution is 6.32. The Bertz CT molecular complexity index is 686. The first-order valence-corrected chi connectivity index (χ1v) is 5.58. The van der Waals surface area contributed by atoms with Gasteiger partial charge in [-0.15, -0.1) is 0 Å². The maximum Gasteiger partial charge on any atom is 0.416 e. The predicted octanol–water partition coefficient (Wildman–Crippen LogP) is 2.70. The van der Waals surface area contributed by atoms with Crippen molar-refractivity contribution in [2.24, 2.45) is 5.84 Å². The summed E-state index contributed by atoms with van der Waals surface area (Å²) in [6.45, 7) is 0. The van der Waals surface area contributed by atoms with E-state index in [1.54, 1.807) is 0 Å². The number of nitrogens with zero attached hydrogens (tertiary/aromatic N) is 3. The van der Waals surface area contributed by atoms with E-state index in [0.717, 1.165) is 22.9 Å². The summed E-state index contributed by atoms with van der Waals surface area (Å²) in [5, 5.41) is 12.6. The number of aromatic nitrogens is 2. The largest absolute Gasteiger partial charge is 0.416 e. The Morgan fingerprint density at radius 1 is 1.40 bits per heavy atom. The molecule has 20 heavy (non-hydrogen) atoms. The fourth-order valence-corrected chi connectivity index (χ4v) is 1.87. The van der Waals surface area contributed by atoms with E-state index < -0.39 is 11.7 Å². The van der Waals surface area contributed by atoms with Gasteiger partial charge in [0.1, 0.15) is 11.6 Å². The number of nitrogens with one attached hydrogen (secondary N) is 1. The Morgan fingerprint density at radius 2 is 2.10 bits per heavy atom. The van der Waals surface area contributed by atoms with Gasteiger partial charge in [-0.3, -0.25) is 0 Å². The first kappa shape index (κ1) is 14.2. The lowest BCUT2D eigenvalue weighted by Crippen LogP contribution is -2.14. The zero-order valence-electron chi connectivity index (χ0n) is 9.74. The first-order chi connectivity index (χ1) is 9.38. The fourth-order valence-electron chi connectivity index (χ4n) is 1.61. The number of benzene rings is 1. The zero-order chi connectivity index (χ0) is 14.9. The third kappa shape index (κ3) is 2.41. The molecule has 2 rings (SSSR count). The van der Waals surface area contributed by atoms with Crippen LogP contribution in [0.4, 0.5) is 19.0 Å². The third-order valence-corrected chi connectivity index (χ3v) is 2.83. The summed E-state index contributed by atoms with van der Waals surface area (Å²) < 4.78 is 38.8. The molecule has 0 spiro atoms. The molecule has 104 valence electrons. The van der Waals surface area contributed by atoms with Crippen molar-refractivity contribution in [1.29, 1.82) is 5.26 Å². The summed E-state index contributed by atoms with van der Waals surface area (Å²) in [5.74, 6) is 5.41. The number of hydrogen-bond donors (Lipinski definition) is 2. The van der Waals surface area contributed by atoms with Crippen molar-refractivity contribution >= 4 is 17.4 Å². The highest BCUT2D eigenvalue weighted by atomic mass is 35.5. The van der Waals surface area contributed by atoms with Crippen LogP contribution in [-0.2, 0) is 6.18 Å². The molecule has 2 aromatic rings. The van der Waals surface area contributed by atoms with E-state index in [4.69, 9.17) is 22.7 Å². The number of halogens is 4. The van der Waals surface area contributed by atoms with Crippen LogP contribution in [0.1, 0.15) is 11.1 Å². The smallest absolute Gasteiger partial charge is 0.307 e. The molecule has 9 heteroatoms. The molecule has 0 radical (unpaired) electrons. The second-order valence-corrected chi connectivity index (χ2v) is 4.15. The Balaban J connectivity index is 2.55. The van der Waals surface area contributed by atoms with E-state index in [-0.39, 0.29) is 22.1 Å². The summed E-state index contributed by atoms with van der Waals surface area (Å²) in [6.07, 6.45) is -3.26. The molecule has 1 aromatic heterocycles. The van der Waals surface area contributed by atoms with Crippen molar-refractivity contribution in [1.82, 2.24) is 9.78 Å². The highest BCUT2D eigenvalue weighted by Crippen LogP contribution is 2.34. The number of nitrogens with two attached hydrogens (primary N) is 1. The number of nitriles is 1. The van der Waals surface area contributed by atoms with Crippen LogP contribution in [0.5, 0.6) is 0 Å². The molecule has 0 amide bonds. The number of hydrazine groups is 1. The minimum Gasteiger partial charge on any atom is -0.307 e. The second kappa shape index (κ2) is 5.03. The summed E-state index contributed by atoms with van der Waals surface area (Å²) >= 11 is 5.84. The van der Waals surface area contributed by atoms with Gasteiger partial charge in [0, 0.05) is 0 Å². The molecule has 0 aliphatic carbocycles. The van der Waals surface area contributed by atoms with E-state index in [1.807, 2.05) is 6.07 Å². The van der Waals surface area contributed by atoms with Gasteiger partial charge >= 0.3 is 6.18 Å². The van der Waals surface area contributed by atoms with Crippen LogP contribution in [0, 0.1) is 11.3 Å². The molecule has 0 saturated carbocycles. The molecule has 0 bridgehead atoms. The summed E-state index contributed by atoms with van der Waals surface area (Å²) in [7, 11) is 0. The molecule has 3 N–H and O–H groups in total. The van der Waals surface area contributed by atoms with Crippen LogP contribution in [0.25, 0.3) is 5.69 Å². The molecule has 0 unspecified atom stereocenters. The van der Waals surface area contributed by atoms with Crippen LogP contribution in [-0.4, -0.2) is 9.78 Å². The number of alkyl halides is 3. The molecular formula is C11H7ClF3N5. The van der Waals surface area contributed by atoms with Crippen molar-refractivity contribution in [3.05, 3.63) is 40.5 Å². The van der Waals surface area contributed by atoms with Crippen molar-refractivity contribution in [3.63, 3.8) is 0 Å². The van der Waals surface area contributed by atoms with Crippen LogP contribution in [0.15, 0.2) is 24.4 Å². The summed E-state index contributed by atoms with van der Waals surface area (Å²) in [5.41, 5.74) is 1.71. The fraction of sp³-hybridized carbons (Fsp3) is 0.0909. The molecule has 0 aliphatic heterocycles. The van der Waals surface area contributed by atoms with Crippen LogP contribution in [0.3, 0.4) is 0 Å². The molecule has 0 atom stereocenters. The molecule has 0 saturated heterocycles. The number of rotatable bonds is 2. The average molecular weight is 302 g/mol. The van der Waals surface area contributed by atoms with Gasteiger partial charge < -0.3 is 5.43 Å². The van der Waals surface area contributed by atoms with E-state index in [1.165, 1.54) is 6.20 Å². The summed E-state index contributed by atoms with van der Waals surface area (Å²) in [4.78, 5) is 0. The number of anilines is 1. The highest BCUT2D eigenvalue weighted by Gasteiger charge is 2.31. The van der Waals surface area contributed by atoms with Gasteiger partial charge in [0.15, 0.2) is 5.82 Å². The SMILES string of the molecule is N#Cc1cnn(-c2ccc(C(F)(F)F)cc2Cl)c1NN. The molecule has 0 aliphatic rings. The van der Waals surface area contributed by atoms with Crippen LogP contribution in [0.2, 0.25) is 5.02 Å². The maximum atomic E-state index is 12.5. The number of hydrogen-bond acceptors (Lipinski definition) is 4. The van der Waals surface area contributed by atoms with Gasteiger partial charge in [-0.25, -0.2) is 10.5 Å². The lowest BCUT2D eigenvalue weighted by Gasteiger charge is -2.12. The Kier molecular flexibility index (Phi) is 3.57. The summed E-state index contributed by atoms with van der Waals surface area (Å²) in [6, 6.07) is 4.65. The van der Waals surface area contributed by atoms with E-state index >= 15 is 0 Å². The van der Waals surface area contributed by atoms with Gasteiger partial charge in [0.05, 0.1) is 22.5 Å². The third-order valence-electron chi connectivity index (χ3n) is 2.53. The standard InChI is InChI=1S/C11H7ClF3N5/c12-8-3-7(11(13,14)15)1-2-9(8)20-10(19-17)6(4-16)5-18-20/h1-3,5,19H,17H2. The minimum absolute atomic E-state index is 0.133. The van der Waals surface area contributed by atoms with E-state index in [0.29, 0.717) is 0 Å². The van der Waals surface area contributed by atoms with Crippen molar-refractivity contribution < 1.29 is 13.2 Å². The maximum absolute atomic E-state index is 12.5. The van der Waals surface area contributed by atoms with Gasteiger partial charge in [-0.05, 0) is 18.2 Å². The van der Waals surface area contributed by atoms with Crippen molar-refractivity contribution in [2.45, 2.75) is 6.18 Å². The van der Waals surface area contributed by atoms with Crippen LogP contribution >= 0.6 is 11.6 Å². The zero-order valence-corrected chi connectivity index (χ0v) is 10.5. The quantitative estimate of drug-likeness (QED) is 0.660.